The van der Waals surface area contributed by atoms with Crippen molar-refractivity contribution < 1.29 is 23.9 Å². The molecule has 38 heavy (non-hydrogen) atoms. The largest absolute Gasteiger partial charge is 0.444 e. The second-order valence-corrected chi connectivity index (χ2v) is 9.96. The van der Waals surface area contributed by atoms with Crippen LogP contribution < -0.4 is 16.4 Å². The maximum Gasteiger partial charge on any atom is 0.408 e. The smallest absolute Gasteiger partial charge is 0.408 e. The number of nitrogens with zero attached hydrogens (tertiary/aromatic N) is 1. The minimum absolute atomic E-state index is 0.451. The number of primary amides is 1. The molecule has 0 saturated carbocycles. The summed E-state index contributed by atoms with van der Waals surface area (Å²) in [6, 6.07) is 12.2. The fourth-order valence-electron chi connectivity index (χ4n) is 3.84. The van der Waals surface area contributed by atoms with Crippen molar-refractivity contribution in [3.8, 4) is 12.5 Å². The summed E-state index contributed by atoms with van der Waals surface area (Å²) in [5.41, 5.74) is 8.23. The second-order valence-electron chi connectivity index (χ2n) is 9.96. The fraction of sp³-hybridized carbons (Fsp3) is 0.379. The Labute approximate surface area is 224 Å². The number of terminal acetylenes is 1. The summed E-state index contributed by atoms with van der Waals surface area (Å²) in [6.45, 7) is 10.7. The van der Waals surface area contributed by atoms with Crippen molar-refractivity contribution in [1.82, 2.24) is 10.2 Å². The van der Waals surface area contributed by atoms with Gasteiger partial charge in [0.2, 0.25) is 5.91 Å². The van der Waals surface area contributed by atoms with E-state index in [0.717, 1.165) is 28.0 Å². The number of para-hydroxylation sites is 1. The molecule has 2 rings (SSSR count). The number of hydrogen-bond acceptors (Lipinski definition) is 5. The maximum absolute atomic E-state index is 13.7. The van der Waals surface area contributed by atoms with E-state index < -0.39 is 47.9 Å². The van der Waals surface area contributed by atoms with Crippen LogP contribution >= 0.6 is 0 Å². The van der Waals surface area contributed by atoms with Crippen LogP contribution in [-0.2, 0) is 25.5 Å². The Balaban J connectivity index is 2.52. The predicted octanol–water partition coefficient (Wildman–Crippen LogP) is 3.73. The lowest BCUT2D eigenvalue weighted by atomic mass is 10.00. The highest BCUT2D eigenvalue weighted by Crippen LogP contribution is 2.27. The molecule has 0 aliphatic carbocycles. The average molecular weight is 521 g/mol. The third-order valence-corrected chi connectivity index (χ3v) is 5.71. The number of benzene rings is 2. The summed E-state index contributed by atoms with van der Waals surface area (Å²) in [5.74, 6) is -2.27. The van der Waals surface area contributed by atoms with Crippen molar-refractivity contribution in [2.24, 2.45) is 5.73 Å². The number of carbonyl (C=O) groups is 4. The quantitative estimate of drug-likeness (QED) is 0.343. The molecule has 4 N–H and O–H groups in total. The Bertz CT molecular complexity index is 1200. The third-order valence-electron chi connectivity index (χ3n) is 5.71. The minimum Gasteiger partial charge on any atom is -0.444 e. The fourth-order valence-corrected chi connectivity index (χ4v) is 3.84. The molecule has 2 aromatic rings. The average Bonchev–Trinajstić information content (AvgIpc) is 2.82. The van der Waals surface area contributed by atoms with Gasteiger partial charge in [0.05, 0.1) is 6.42 Å². The van der Waals surface area contributed by atoms with Gasteiger partial charge < -0.3 is 21.1 Å². The zero-order valence-corrected chi connectivity index (χ0v) is 22.8. The number of carbonyl (C=O) groups excluding carboxylic acids is 4. The number of nitrogens with one attached hydrogen (secondary N) is 2. The van der Waals surface area contributed by atoms with Crippen LogP contribution in [0.2, 0.25) is 0 Å². The molecule has 2 atom stereocenters. The molecule has 0 bridgehead atoms. The van der Waals surface area contributed by atoms with Gasteiger partial charge in [-0.15, -0.1) is 0 Å². The summed E-state index contributed by atoms with van der Waals surface area (Å²) >= 11 is 0. The van der Waals surface area contributed by atoms with Crippen molar-refractivity contribution >= 4 is 29.5 Å². The summed E-state index contributed by atoms with van der Waals surface area (Å²) in [5, 5.41) is 5.27. The molecule has 0 heterocycles. The van der Waals surface area contributed by atoms with Crippen LogP contribution in [0.1, 0.15) is 62.4 Å². The lowest BCUT2D eigenvalue weighted by Crippen LogP contribution is -2.52. The van der Waals surface area contributed by atoms with Gasteiger partial charge in [0.15, 0.2) is 0 Å². The van der Waals surface area contributed by atoms with Gasteiger partial charge in [0, 0.05) is 11.7 Å². The van der Waals surface area contributed by atoms with Crippen molar-refractivity contribution in [1.29, 1.82) is 0 Å². The molecule has 0 aromatic heterocycles. The molecule has 4 amide bonds. The summed E-state index contributed by atoms with van der Waals surface area (Å²) in [4.78, 5) is 52.5. The highest BCUT2D eigenvalue weighted by molar-refractivity contribution is 6.01. The van der Waals surface area contributed by atoms with Crippen molar-refractivity contribution in [3.05, 3.63) is 64.7 Å². The third kappa shape index (κ3) is 8.10. The van der Waals surface area contributed by atoms with Crippen LogP contribution in [0, 0.1) is 26.3 Å². The van der Waals surface area contributed by atoms with E-state index in [2.05, 4.69) is 16.7 Å². The Morgan fingerprint density at radius 3 is 2.11 bits per heavy atom. The molecule has 9 nitrogen and oxygen atoms in total. The highest BCUT2D eigenvalue weighted by atomic mass is 16.6. The van der Waals surface area contributed by atoms with Crippen LogP contribution in [0.4, 0.5) is 10.5 Å². The summed E-state index contributed by atoms with van der Waals surface area (Å²) < 4.78 is 5.23. The van der Waals surface area contributed by atoms with Gasteiger partial charge in [-0.3, -0.25) is 19.3 Å². The first-order chi connectivity index (χ1) is 17.8. The molecule has 0 fully saturated rings. The van der Waals surface area contributed by atoms with Crippen molar-refractivity contribution in [2.45, 2.75) is 72.1 Å². The van der Waals surface area contributed by atoms with Gasteiger partial charge in [-0.1, -0.05) is 55.8 Å². The van der Waals surface area contributed by atoms with Crippen molar-refractivity contribution in [2.75, 3.05) is 5.32 Å². The number of nitrogens with two attached hydrogens (primary N) is 1. The second kappa shape index (κ2) is 12.8. The molecule has 0 aliphatic heterocycles. The van der Waals surface area contributed by atoms with E-state index >= 15 is 0 Å². The van der Waals surface area contributed by atoms with Crippen molar-refractivity contribution in [3.63, 3.8) is 0 Å². The van der Waals surface area contributed by atoms with E-state index in [-0.39, 0.29) is 0 Å². The zero-order valence-electron chi connectivity index (χ0n) is 22.8. The number of alkyl carbamates (subject to hydrolysis) is 1. The SMILES string of the molecule is C#CN(C(=O)C(CC(N)=O)NC(=O)OC(C)(C)C)C(C(=O)Nc1c(C)cccc1C)c1ccc(CC)cc1. The first kappa shape index (κ1) is 29.9. The highest BCUT2D eigenvalue weighted by Gasteiger charge is 2.37. The first-order valence-electron chi connectivity index (χ1n) is 12.3. The number of rotatable bonds is 9. The number of ether oxygens (including phenoxy) is 1. The molecule has 0 spiro atoms. The minimum atomic E-state index is -1.45. The lowest BCUT2D eigenvalue weighted by molar-refractivity contribution is -0.138. The standard InChI is InChI=1S/C29H36N4O5/c1-8-20-13-15-21(16-14-20)25(26(35)32-24-18(3)11-10-12-19(24)4)33(9-2)27(36)22(17-23(30)34)31-28(37)38-29(5,6)7/h2,10-16,22,25H,8,17H2,1,3-7H3,(H2,30,34)(H,31,37)(H,32,35). The lowest BCUT2D eigenvalue weighted by Gasteiger charge is -2.30. The van der Waals surface area contributed by atoms with Gasteiger partial charge in [-0.2, -0.15) is 0 Å². The molecule has 0 saturated heterocycles. The topological polar surface area (TPSA) is 131 Å². The predicted molar refractivity (Wildman–Crippen MR) is 146 cm³/mol. The van der Waals surface area contributed by atoms with Crippen LogP contribution in [0.5, 0.6) is 0 Å². The monoisotopic (exact) mass is 520 g/mol. The van der Waals surface area contributed by atoms with E-state index in [4.69, 9.17) is 16.9 Å². The molecular weight excluding hydrogens is 484 g/mol. The normalized spacial score (nSPS) is 12.4. The molecule has 2 unspecified atom stereocenters. The van der Waals surface area contributed by atoms with E-state index in [9.17, 15) is 19.2 Å². The Morgan fingerprint density at radius 1 is 1.05 bits per heavy atom. The van der Waals surface area contributed by atoms with E-state index in [1.54, 1.807) is 32.9 Å². The molecule has 0 aliphatic rings. The molecule has 202 valence electrons. The Hall–Kier alpha value is -4.32. The van der Waals surface area contributed by atoms with Crippen LogP contribution in [0.3, 0.4) is 0 Å². The zero-order chi connectivity index (χ0) is 28.6. The first-order valence-corrected chi connectivity index (χ1v) is 12.3. The molecule has 0 radical (unpaired) electrons. The maximum atomic E-state index is 13.7. The van der Waals surface area contributed by atoms with Gasteiger partial charge >= 0.3 is 6.09 Å². The van der Waals surface area contributed by atoms with E-state index in [0.29, 0.717) is 11.3 Å². The Morgan fingerprint density at radius 2 is 1.63 bits per heavy atom. The van der Waals surface area contributed by atoms with Gasteiger partial charge in [-0.05, 0) is 63.3 Å². The van der Waals surface area contributed by atoms with Gasteiger partial charge in [0.25, 0.3) is 11.8 Å². The van der Waals surface area contributed by atoms with Crippen LogP contribution in [0.25, 0.3) is 0 Å². The van der Waals surface area contributed by atoms with Crippen LogP contribution in [-0.4, -0.2) is 40.4 Å². The Kier molecular flexibility index (Phi) is 10.1. The number of aryl methyl sites for hydroxylation is 3. The summed E-state index contributed by atoms with van der Waals surface area (Å²) in [7, 11) is 0. The van der Waals surface area contributed by atoms with Gasteiger partial charge in [0.1, 0.15) is 17.7 Å². The van der Waals surface area contributed by atoms with E-state index in [1.807, 2.05) is 51.1 Å². The number of anilines is 1. The van der Waals surface area contributed by atoms with Crippen LogP contribution in [0.15, 0.2) is 42.5 Å². The van der Waals surface area contributed by atoms with E-state index in [1.165, 1.54) is 0 Å². The summed E-state index contributed by atoms with van der Waals surface area (Å²) in [6.07, 6.45) is 5.07. The molecule has 2 aromatic carbocycles. The number of hydrogen-bond donors (Lipinski definition) is 3. The number of amides is 4. The van der Waals surface area contributed by atoms with Gasteiger partial charge in [-0.25, -0.2) is 4.79 Å². The molecular formula is C29H36N4O5. The molecule has 9 heteroatoms.